The molecule has 0 aliphatic heterocycles. The summed E-state index contributed by atoms with van der Waals surface area (Å²) in [6, 6.07) is 7.75. The molecule has 0 saturated carbocycles. The van der Waals surface area contributed by atoms with Crippen LogP contribution in [0.4, 0.5) is 0 Å². The first-order valence-electron chi connectivity index (χ1n) is 7.87. The number of carbonyl (C=O) groups excluding carboxylic acids is 1. The topological polar surface area (TPSA) is 69.5 Å². The van der Waals surface area contributed by atoms with Crippen LogP contribution >= 0.6 is 0 Å². The molecule has 0 aliphatic carbocycles. The largest absolute Gasteiger partial charge is 0.496 e. The number of aromatic nitrogens is 3. The molecule has 2 aromatic rings. The minimum atomic E-state index is 0.0576. The van der Waals surface area contributed by atoms with E-state index in [0.29, 0.717) is 32.5 Å². The first-order chi connectivity index (χ1) is 11.7. The lowest BCUT2D eigenvalue weighted by atomic mass is 10.1. The van der Waals surface area contributed by atoms with Gasteiger partial charge in [0.15, 0.2) is 5.82 Å². The highest BCUT2D eigenvalue weighted by atomic mass is 16.5. The van der Waals surface area contributed by atoms with Crippen LogP contribution in [0.25, 0.3) is 0 Å². The number of nitrogens with zero attached hydrogens (tertiary/aromatic N) is 4. The van der Waals surface area contributed by atoms with Gasteiger partial charge in [-0.1, -0.05) is 18.2 Å². The highest BCUT2D eigenvalue weighted by Crippen LogP contribution is 2.19. The van der Waals surface area contributed by atoms with E-state index in [1.165, 1.54) is 0 Å². The third-order valence-electron chi connectivity index (χ3n) is 3.84. The van der Waals surface area contributed by atoms with Gasteiger partial charge in [0.05, 0.1) is 20.3 Å². The molecule has 0 atom stereocenters. The van der Waals surface area contributed by atoms with Crippen molar-refractivity contribution >= 4 is 5.91 Å². The highest BCUT2D eigenvalue weighted by Gasteiger charge is 2.14. The van der Waals surface area contributed by atoms with Crippen molar-refractivity contribution in [2.45, 2.75) is 25.9 Å². The van der Waals surface area contributed by atoms with Gasteiger partial charge in [0.25, 0.3) is 0 Å². The summed E-state index contributed by atoms with van der Waals surface area (Å²) in [5.41, 5.74) is 1.03. The minimum absolute atomic E-state index is 0.0576. The SMILES string of the molecule is COCCn1cnnc1CN(C)C(=O)CCc1ccccc1OC. The molecule has 7 heteroatoms. The van der Waals surface area contributed by atoms with Crippen LogP contribution in [0.2, 0.25) is 0 Å². The van der Waals surface area contributed by atoms with E-state index in [2.05, 4.69) is 10.2 Å². The zero-order valence-corrected chi connectivity index (χ0v) is 14.4. The molecule has 0 fully saturated rings. The predicted molar refractivity (Wildman–Crippen MR) is 89.7 cm³/mol. The number of carbonyl (C=O) groups is 1. The maximum absolute atomic E-state index is 12.4. The van der Waals surface area contributed by atoms with Gasteiger partial charge < -0.3 is 18.9 Å². The van der Waals surface area contributed by atoms with Crippen LogP contribution in [0.1, 0.15) is 17.8 Å². The molecule has 1 heterocycles. The fourth-order valence-corrected chi connectivity index (χ4v) is 2.42. The minimum Gasteiger partial charge on any atom is -0.496 e. The maximum atomic E-state index is 12.4. The van der Waals surface area contributed by atoms with Crippen molar-refractivity contribution in [2.24, 2.45) is 0 Å². The molecule has 0 aliphatic rings. The van der Waals surface area contributed by atoms with E-state index in [1.807, 2.05) is 28.8 Å². The molecular formula is C17H24N4O3. The first-order valence-corrected chi connectivity index (χ1v) is 7.87. The van der Waals surface area contributed by atoms with Gasteiger partial charge in [-0.25, -0.2) is 0 Å². The van der Waals surface area contributed by atoms with Crippen molar-refractivity contribution < 1.29 is 14.3 Å². The van der Waals surface area contributed by atoms with E-state index in [9.17, 15) is 4.79 Å². The molecule has 1 amide bonds. The lowest BCUT2D eigenvalue weighted by molar-refractivity contribution is -0.130. The predicted octanol–water partition coefficient (Wildman–Crippen LogP) is 1.52. The quantitative estimate of drug-likeness (QED) is 0.696. The van der Waals surface area contributed by atoms with Crippen LogP contribution in [0, 0.1) is 0 Å². The second-order valence-corrected chi connectivity index (χ2v) is 5.50. The number of rotatable bonds is 9. The van der Waals surface area contributed by atoms with E-state index < -0.39 is 0 Å². The van der Waals surface area contributed by atoms with E-state index in [0.717, 1.165) is 17.1 Å². The summed E-state index contributed by atoms with van der Waals surface area (Å²) in [6.07, 6.45) is 2.72. The lowest BCUT2D eigenvalue weighted by Gasteiger charge is -2.17. The lowest BCUT2D eigenvalue weighted by Crippen LogP contribution is -2.28. The number of para-hydroxylation sites is 1. The van der Waals surface area contributed by atoms with Crippen molar-refractivity contribution in [1.82, 2.24) is 19.7 Å². The van der Waals surface area contributed by atoms with Crippen LogP contribution in [-0.2, 0) is 29.0 Å². The van der Waals surface area contributed by atoms with E-state index in [-0.39, 0.29) is 5.91 Å². The molecule has 7 nitrogen and oxygen atoms in total. The number of aryl methyl sites for hydroxylation is 1. The molecule has 0 bridgehead atoms. The van der Waals surface area contributed by atoms with Gasteiger partial charge in [0.1, 0.15) is 12.1 Å². The Morgan fingerprint density at radius 1 is 1.29 bits per heavy atom. The van der Waals surface area contributed by atoms with Crippen LogP contribution in [0.5, 0.6) is 5.75 Å². The number of benzene rings is 1. The number of hydrogen-bond acceptors (Lipinski definition) is 5. The van der Waals surface area contributed by atoms with Crippen molar-refractivity contribution in [2.75, 3.05) is 27.9 Å². The Bertz CT molecular complexity index is 657. The number of hydrogen-bond donors (Lipinski definition) is 0. The monoisotopic (exact) mass is 332 g/mol. The summed E-state index contributed by atoms with van der Waals surface area (Å²) < 4.78 is 12.3. The van der Waals surface area contributed by atoms with Crippen molar-refractivity contribution in [1.29, 1.82) is 0 Å². The van der Waals surface area contributed by atoms with Crippen LogP contribution < -0.4 is 4.74 Å². The summed E-state index contributed by atoms with van der Waals surface area (Å²) in [7, 11) is 5.07. The Morgan fingerprint density at radius 3 is 2.83 bits per heavy atom. The first kappa shape index (κ1) is 17.9. The number of methoxy groups -OCH3 is 2. The van der Waals surface area contributed by atoms with Gasteiger partial charge in [-0.05, 0) is 18.1 Å². The number of ether oxygens (including phenoxy) is 2. The third-order valence-corrected chi connectivity index (χ3v) is 3.84. The fraction of sp³-hybridized carbons (Fsp3) is 0.471. The molecule has 1 aromatic carbocycles. The zero-order valence-electron chi connectivity index (χ0n) is 14.4. The average Bonchev–Trinajstić information content (AvgIpc) is 3.04. The molecule has 130 valence electrons. The Labute approximate surface area is 142 Å². The molecule has 0 N–H and O–H groups in total. The molecule has 24 heavy (non-hydrogen) atoms. The van der Waals surface area contributed by atoms with Gasteiger partial charge in [-0.3, -0.25) is 4.79 Å². The van der Waals surface area contributed by atoms with Crippen LogP contribution in [-0.4, -0.2) is 53.4 Å². The van der Waals surface area contributed by atoms with Crippen molar-refractivity contribution in [3.63, 3.8) is 0 Å². The van der Waals surface area contributed by atoms with Gasteiger partial charge in [-0.2, -0.15) is 0 Å². The highest BCUT2D eigenvalue weighted by molar-refractivity contribution is 5.76. The maximum Gasteiger partial charge on any atom is 0.223 e. The Hall–Kier alpha value is -2.41. The normalized spacial score (nSPS) is 10.6. The summed E-state index contributed by atoms with van der Waals surface area (Å²) in [4.78, 5) is 14.0. The van der Waals surface area contributed by atoms with Crippen LogP contribution in [0.3, 0.4) is 0 Å². The van der Waals surface area contributed by atoms with Crippen molar-refractivity contribution in [3.05, 3.63) is 42.0 Å². The van der Waals surface area contributed by atoms with Gasteiger partial charge >= 0.3 is 0 Å². The molecule has 2 rings (SSSR count). The zero-order chi connectivity index (χ0) is 17.4. The van der Waals surface area contributed by atoms with Gasteiger partial charge in [-0.15, -0.1) is 10.2 Å². The van der Waals surface area contributed by atoms with E-state index in [4.69, 9.17) is 9.47 Å². The number of amides is 1. The Kier molecular flexibility index (Phi) is 6.74. The second kappa shape index (κ2) is 9.02. The van der Waals surface area contributed by atoms with Gasteiger partial charge in [0, 0.05) is 27.1 Å². The molecule has 0 unspecified atom stereocenters. The molecular weight excluding hydrogens is 308 g/mol. The standard InChI is InChI=1S/C17H24N4O3/c1-20(12-16-19-18-13-21(16)10-11-23-2)17(22)9-8-14-6-4-5-7-15(14)24-3/h4-7,13H,8-12H2,1-3H3. The van der Waals surface area contributed by atoms with E-state index >= 15 is 0 Å². The average molecular weight is 332 g/mol. The summed E-state index contributed by atoms with van der Waals surface area (Å²) in [5.74, 6) is 1.62. The fourth-order valence-electron chi connectivity index (χ4n) is 2.42. The third kappa shape index (κ3) is 4.79. The smallest absolute Gasteiger partial charge is 0.223 e. The van der Waals surface area contributed by atoms with E-state index in [1.54, 1.807) is 32.5 Å². The second-order valence-electron chi connectivity index (χ2n) is 5.50. The molecule has 1 aromatic heterocycles. The molecule has 0 spiro atoms. The van der Waals surface area contributed by atoms with Crippen molar-refractivity contribution in [3.8, 4) is 5.75 Å². The Morgan fingerprint density at radius 2 is 2.08 bits per heavy atom. The summed E-state index contributed by atoms with van der Waals surface area (Å²) in [6.45, 7) is 1.67. The molecule has 0 saturated heterocycles. The van der Waals surface area contributed by atoms with Crippen LogP contribution in [0.15, 0.2) is 30.6 Å². The van der Waals surface area contributed by atoms with Gasteiger partial charge in [0.2, 0.25) is 5.91 Å². The summed E-state index contributed by atoms with van der Waals surface area (Å²) >= 11 is 0. The Balaban J connectivity index is 1.89. The molecule has 0 radical (unpaired) electrons. The summed E-state index contributed by atoms with van der Waals surface area (Å²) in [5, 5.41) is 7.99.